The molecule has 4 heteroatoms. The highest BCUT2D eigenvalue weighted by atomic mass is 15.4. The van der Waals surface area contributed by atoms with Gasteiger partial charge < -0.3 is 4.98 Å². The summed E-state index contributed by atoms with van der Waals surface area (Å²) in [5, 5.41) is 2.01. The zero-order valence-electron chi connectivity index (χ0n) is 10.8. The minimum atomic E-state index is 0.341. The number of aryl methyl sites for hydroxylation is 1. The van der Waals surface area contributed by atoms with E-state index in [0.717, 1.165) is 24.0 Å². The Labute approximate surface area is 107 Å². The van der Waals surface area contributed by atoms with Crippen molar-refractivity contribution in [3.63, 3.8) is 0 Å². The van der Waals surface area contributed by atoms with Gasteiger partial charge in [-0.3, -0.25) is 5.84 Å². The lowest BCUT2D eigenvalue weighted by molar-refractivity contribution is 0.206. The number of aromatic amines is 1. The molecule has 2 heterocycles. The van der Waals surface area contributed by atoms with Gasteiger partial charge in [-0.05, 0) is 43.0 Å². The number of hydrogen-bond acceptors (Lipinski definition) is 3. The molecular formula is C14H20N4. The molecule has 1 aliphatic rings. The summed E-state index contributed by atoms with van der Waals surface area (Å²) in [7, 11) is 0. The maximum Gasteiger partial charge on any atom is 0.0931 e. The summed E-state index contributed by atoms with van der Waals surface area (Å²) in [6.45, 7) is 3.15. The third-order valence-corrected chi connectivity index (χ3v) is 3.96. The van der Waals surface area contributed by atoms with E-state index in [1.165, 1.54) is 30.4 Å². The first-order chi connectivity index (χ1) is 8.75. The van der Waals surface area contributed by atoms with Crippen LogP contribution in [0.2, 0.25) is 0 Å². The summed E-state index contributed by atoms with van der Waals surface area (Å²) >= 11 is 0. The molecule has 18 heavy (non-hydrogen) atoms. The lowest BCUT2D eigenvalue weighted by Gasteiger charge is -2.26. The second-order valence-electron chi connectivity index (χ2n) is 5.23. The second kappa shape index (κ2) is 4.71. The Hall–Kier alpha value is -1.39. The topological polar surface area (TPSA) is 57.9 Å². The van der Waals surface area contributed by atoms with Crippen LogP contribution < -0.4 is 5.84 Å². The van der Waals surface area contributed by atoms with Gasteiger partial charge in [0.2, 0.25) is 0 Å². The van der Waals surface area contributed by atoms with Crippen LogP contribution in [0.25, 0.3) is 11.0 Å². The van der Waals surface area contributed by atoms with Crippen molar-refractivity contribution in [1.29, 1.82) is 0 Å². The average molecular weight is 244 g/mol. The van der Waals surface area contributed by atoms with Gasteiger partial charge in [0, 0.05) is 12.6 Å². The molecule has 3 N–H and O–H groups in total. The zero-order chi connectivity index (χ0) is 12.5. The van der Waals surface area contributed by atoms with E-state index in [-0.39, 0.29) is 0 Å². The number of benzene rings is 1. The van der Waals surface area contributed by atoms with E-state index >= 15 is 0 Å². The Kier molecular flexibility index (Phi) is 3.06. The highest BCUT2D eigenvalue weighted by Gasteiger charge is 2.22. The number of fused-ring (bicyclic) bond motifs is 1. The van der Waals surface area contributed by atoms with Crippen LogP contribution in [-0.2, 0) is 0 Å². The second-order valence-corrected chi connectivity index (χ2v) is 5.23. The zero-order valence-corrected chi connectivity index (χ0v) is 10.8. The standard InChI is InChI=1S/C14H20N4/c1-10-7-12-13(17-9-16-12)8-11(10)14-5-3-2-4-6-18(14)15/h7-9,14H,2-6,15H2,1H3,(H,16,17). The molecule has 4 nitrogen and oxygen atoms in total. The van der Waals surface area contributed by atoms with Gasteiger partial charge in [-0.1, -0.05) is 12.8 Å². The maximum absolute atomic E-state index is 6.20. The van der Waals surface area contributed by atoms with Crippen molar-refractivity contribution in [2.75, 3.05) is 6.54 Å². The third kappa shape index (κ3) is 2.02. The Morgan fingerprint density at radius 1 is 1.33 bits per heavy atom. The van der Waals surface area contributed by atoms with Crippen LogP contribution in [0.15, 0.2) is 18.5 Å². The first kappa shape index (κ1) is 11.7. The summed E-state index contributed by atoms with van der Waals surface area (Å²) in [4.78, 5) is 7.51. The monoisotopic (exact) mass is 244 g/mol. The molecule has 1 aliphatic heterocycles. The van der Waals surface area contributed by atoms with Gasteiger partial charge in [0.05, 0.1) is 17.4 Å². The van der Waals surface area contributed by atoms with Gasteiger partial charge >= 0.3 is 0 Å². The van der Waals surface area contributed by atoms with Gasteiger partial charge in [0.1, 0.15) is 0 Å². The van der Waals surface area contributed by atoms with Crippen LogP contribution in [0.5, 0.6) is 0 Å². The predicted octanol–water partition coefficient (Wildman–Crippen LogP) is 2.66. The number of nitrogens with two attached hydrogens (primary N) is 1. The Bertz CT molecular complexity index is 546. The summed E-state index contributed by atoms with van der Waals surface area (Å²) in [6.07, 6.45) is 6.65. The number of nitrogens with zero attached hydrogens (tertiary/aromatic N) is 2. The van der Waals surface area contributed by atoms with Crippen molar-refractivity contribution in [3.8, 4) is 0 Å². The molecule has 2 aromatic rings. The number of hydrazine groups is 1. The largest absolute Gasteiger partial charge is 0.345 e. The molecule has 0 saturated carbocycles. The number of nitrogens with one attached hydrogen (secondary N) is 1. The van der Waals surface area contributed by atoms with E-state index < -0.39 is 0 Å². The molecule has 1 aromatic carbocycles. The van der Waals surface area contributed by atoms with Crippen molar-refractivity contribution < 1.29 is 0 Å². The summed E-state index contributed by atoms with van der Waals surface area (Å²) in [6, 6.07) is 4.71. The normalized spacial score (nSPS) is 22.2. The van der Waals surface area contributed by atoms with Crippen molar-refractivity contribution in [3.05, 3.63) is 29.6 Å². The van der Waals surface area contributed by atoms with Gasteiger partial charge in [0.15, 0.2) is 0 Å². The molecule has 1 unspecified atom stereocenters. The number of rotatable bonds is 1. The fourth-order valence-corrected chi connectivity index (χ4v) is 2.93. The molecule has 96 valence electrons. The smallest absolute Gasteiger partial charge is 0.0931 e. The van der Waals surface area contributed by atoms with Crippen LogP contribution in [-0.4, -0.2) is 21.5 Å². The Morgan fingerprint density at radius 3 is 3.11 bits per heavy atom. The summed E-state index contributed by atoms with van der Waals surface area (Å²) < 4.78 is 0. The lowest BCUT2D eigenvalue weighted by Crippen LogP contribution is -2.35. The first-order valence-electron chi connectivity index (χ1n) is 6.70. The molecule has 3 rings (SSSR count). The van der Waals surface area contributed by atoms with Crippen LogP contribution in [0.1, 0.15) is 42.9 Å². The molecule has 1 atom stereocenters. The van der Waals surface area contributed by atoms with E-state index in [1.807, 2.05) is 5.01 Å². The van der Waals surface area contributed by atoms with Gasteiger partial charge in [0.25, 0.3) is 0 Å². The van der Waals surface area contributed by atoms with E-state index in [4.69, 9.17) is 5.84 Å². The first-order valence-corrected chi connectivity index (χ1v) is 6.70. The summed E-state index contributed by atoms with van der Waals surface area (Å²) in [5.74, 6) is 6.20. The van der Waals surface area contributed by atoms with Crippen molar-refractivity contribution in [2.24, 2.45) is 5.84 Å². The predicted molar refractivity (Wildman–Crippen MR) is 72.9 cm³/mol. The minimum absolute atomic E-state index is 0.341. The van der Waals surface area contributed by atoms with Crippen molar-refractivity contribution in [2.45, 2.75) is 38.6 Å². The van der Waals surface area contributed by atoms with Crippen LogP contribution in [0, 0.1) is 6.92 Å². The van der Waals surface area contributed by atoms with Crippen molar-refractivity contribution in [1.82, 2.24) is 15.0 Å². The van der Waals surface area contributed by atoms with Crippen LogP contribution >= 0.6 is 0 Å². The van der Waals surface area contributed by atoms with E-state index in [2.05, 4.69) is 29.0 Å². The number of H-pyrrole nitrogens is 1. The summed E-state index contributed by atoms with van der Waals surface area (Å²) in [5.41, 5.74) is 4.77. The fourth-order valence-electron chi connectivity index (χ4n) is 2.93. The molecule has 0 spiro atoms. The molecule has 1 saturated heterocycles. The number of aromatic nitrogens is 2. The van der Waals surface area contributed by atoms with Crippen molar-refractivity contribution >= 4 is 11.0 Å². The lowest BCUT2D eigenvalue weighted by atomic mass is 9.96. The van der Waals surface area contributed by atoms with Crippen LogP contribution in [0.4, 0.5) is 0 Å². The molecule has 1 aromatic heterocycles. The van der Waals surface area contributed by atoms with Gasteiger partial charge in [-0.2, -0.15) is 0 Å². The fraction of sp³-hybridized carbons (Fsp3) is 0.500. The third-order valence-electron chi connectivity index (χ3n) is 3.96. The molecule has 0 bridgehead atoms. The van der Waals surface area contributed by atoms with E-state index in [1.54, 1.807) is 6.33 Å². The average Bonchev–Trinajstić information content (AvgIpc) is 2.69. The molecule has 0 radical (unpaired) electrons. The highest BCUT2D eigenvalue weighted by Crippen LogP contribution is 2.31. The van der Waals surface area contributed by atoms with E-state index in [0.29, 0.717) is 6.04 Å². The molecule has 1 fully saturated rings. The SMILES string of the molecule is Cc1cc2[nH]cnc2cc1C1CCCCCN1N. The maximum atomic E-state index is 6.20. The van der Waals surface area contributed by atoms with E-state index in [9.17, 15) is 0 Å². The Morgan fingerprint density at radius 2 is 2.22 bits per heavy atom. The number of hydrogen-bond donors (Lipinski definition) is 2. The Balaban J connectivity index is 2.03. The highest BCUT2D eigenvalue weighted by molar-refractivity contribution is 5.76. The quantitative estimate of drug-likeness (QED) is 0.758. The van der Waals surface area contributed by atoms with Crippen LogP contribution in [0.3, 0.4) is 0 Å². The molecule has 0 aliphatic carbocycles. The number of imidazole rings is 1. The minimum Gasteiger partial charge on any atom is -0.345 e. The van der Waals surface area contributed by atoms with Gasteiger partial charge in [-0.15, -0.1) is 0 Å². The molecular weight excluding hydrogens is 224 g/mol. The molecule has 0 amide bonds. The van der Waals surface area contributed by atoms with Gasteiger partial charge in [-0.25, -0.2) is 9.99 Å².